The molecule has 11 heteroatoms. The summed E-state index contributed by atoms with van der Waals surface area (Å²) in [4.78, 5) is 34.0. The molecular weight excluding hydrogens is 372 g/mol. The van der Waals surface area contributed by atoms with Crippen LogP contribution >= 0.6 is 11.3 Å². The van der Waals surface area contributed by atoms with Crippen molar-refractivity contribution < 1.29 is 14.5 Å². The molecule has 0 saturated heterocycles. The number of aromatic nitrogens is 2. The van der Waals surface area contributed by atoms with E-state index in [1.807, 2.05) is 0 Å². The lowest BCUT2D eigenvalue weighted by molar-refractivity contribution is -0.384. The fourth-order valence-corrected chi connectivity index (χ4v) is 2.47. The highest BCUT2D eigenvalue weighted by Crippen LogP contribution is 2.20. The smallest absolute Gasteiger partial charge is 0.270 e. The molecule has 2 amide bonds. The van der Waals surface area contributed by atoms with Crippen molar-refractivity contribution in [1.29, 1.82) is 0 Å². The molecule has 0 aliphatic carbocycles. The van der Waals surface area contributed by atoms with Crippen molar-refractivity contribution in [2.24, 2.45) is 10.5 Å². The molecule has 0 aliphatic heterocycles. The monoisotopic (exact) mass is 390 g/mol. The summed E-state index contributed by atoms with van der Waals surface area (Å²) in [5.74, 6) is -0.627. The number of nitro benzene ring substituents is 1. The lowest BCUT2D eigenvalue weighted by Gasteiger charge is -2.15. The second-order valence-electron chi connectivity index (χ2n) is 6.53. The number of rotatable bonds is 6. The van der Waals surface area contributed by atoms with Crippen LogP contribution in [0.1, 0.15) is 31.3 Å². The van der Waals surface area contributed by atoms with Crippen LogP contribution in [0.15, 0.2) is 29.4 Å². The molecule has 0 aliphatic rings. The number of nitro groups is 1. The Morgan fingerprint density at radius 3 is 2.74 bits per heavy atom. The lowest BCUT2D eigenvalue weighted by atomic mass is 9.96. The van der Waals surface area contributed by atoms with Gasteiger partial charge in [0.15, 0.2) is 0 Å². The fraction of sp³-hybridized carbons (Fsp3) is 0.312. The van der Waals surface area contributed by atoms with Crippen LogP contribution in [0, 0.1) is 15.5 Å². The van der Waals surface area contributed by atoms with Gasteiger partial charge in [-0.05, 0) is 0 Å². The molecule has 2 rings (SSSR count). The summed E-state index contributed by atoms with van der Waals surface area (Å²) in [6.45, 7) is 5.32. The number of nitrogens with zero attached hydrogens (tertiary/aromatic N) is 4. The highest BCUT2D eigenvalue weighted by molar-refractivity contribution is 7.15. The minimum Gasteiger partial charge on any atom is -0.300 e. The molecule has 2 N–H and O–H groups in total. The molecule has 142 valence electrons. The Bertz CT molecular complexity index is 887. The van der Waals surface area contributed by atoms with Crippen molar-refractivity contribution >= 4 is 40.2 Å². The normalized spacial score (nSPS) is 11.4. The van der Waals surface area contributed by atoms with E-state index in [-0.39, 0.29) is 18.0 Å². The van der Waals surface area contributed by atoms with Gasteiger partial charge < -0.3 is 5.32 Å². The van der Waals surface area contributed by atoms with E-state index in [1.54, 1.807) is 26.8 Å². The van der Waals surface area contributed by atoms with Crippen LogP contribution < -0.4 is 10.7 Å². The van der Waals surface area contributed by atoms with Crippen molar-refractivity contribution in [3.05, 3.63) is 45.0 Å². The minimum atomic E-state index is -0.565. The molecule has 0 saturated carbocycles. The third kappa shape index (κ3) is 6.22. The Hall–Kier alpha value is -3.21. The van der Waals surface area contributed by atoms with E-state index in [4.69, 9.17) is 0 Å². The van der Waals surface area contributed by atoms with Crippen molar-refractivity contribution in [2.45, 2.75) is 27.2 Å². The maximum absolute atomic E-state index is 11.9. The van der Waals surface area contributed by atoms with Crippen LogP contribution in [0.2, 0.25) is 0 Å². The molecule has 0 atom stereocenters. The first-order valence-electron chi connectivity index (χ1n) is 7.85. The number of carbonyl (C=O) groups excluding carboxylic acids is 2. The van der Waals surface area contributed by atoms with E-state index >= 15 is 0 Å². The van der Waals surface area contributed by atoms with Crippen molar-refractivity contribution in [1.82, 2.24) is 15.6 Å². The van der Waals surface area contributed by atoms with Gasteiger partial charge >= 0.3 is 0 Å². The number of hydrazone groups is 1. The molecule has 27 heavy (non-hydrogen) atoms. The number of hydrogen-bond acceptors (Lipinski definition) is 8. The first-order valence-corrected chi connectivity index (χ1v) is 8.67. The summed E-state index contributed by atoms with van der Waals surface area (Å²) in [6.07, 6.45) is 1.25. The number of nitrogens with one attached hydrogen (secondary N) is 2. The van der Waals surface area contributed by atoms with Gasteiger partial charge in [0.05, 0.1) is 17.6 Å². The third-order valence-electron chi connectivity index (χ3n) is 3.16. The summed E-state index contributed by atoms with van der Waals surface area (Å²) in [7, 11) is 0. The van der Waals surface area contributed by atoms with Crippen molar-refractivity contribution in [3.63, 3.8) is 0 Å². The van der Waals surface area contributed by atoms with Crippen LogP contribution in [-0.4, -0.2) is 33.1 Å². The van der Waals surface area contributed by atoms with Gasteiger partial charge in [-0.15, -0.1) is 10.2 Å². The van der Waals surface area contributed by atoms with E-state index in [0.717, 1.165) is 11.3 Å². The Morgan fingerprint density at radius 1 is 1.33 bits per heavy atom. The molecular formula is C16H18N6O4S. The topological polar surface area (TPSA) is 139 Å². The lowest BCUT2D eigenvalue weighted by Crippen LogP contribution is -2.27. The zero-order chi connectivity index (χ0) is 20.0. The zero-order valence-electron chi connectivity index (χ0n) is 14.9. The highest BCUT2D eigenvalue weighted by Gasteiger charge is 2.22. The van der Waals surface area contributed by atoms with Gasteiger partial charge in [0, 0.05) is 23.1 Å². The van der Waals surface area contributed by atoms with Gasteiger partial charge in [-0.2, -0.15) is 5.10 Å². The van der Waals surface area contributed by atoms with Crippen LogP contribution in [0.3, 0.4) is 0 Å². The van der Waals surface area contributed by atoms with Gasteiger partial charge in [-0.25, -0.2) is 5.43 Å². The third-order valence-corrected chi connectivity index (χ3v) is 4.00. The largest absolute Gasteiger partial charge is 0.300 e. The molecule has 0 bridgehead atoms. The Balaban J connectivity index is 1.88. The average molecular weight is 390 g/mol. The SMILES string of the molecule is CC(C)(C)C(=O)Nc1nnc(CC(=O)N/N=C/c2cccc([N+](=O)[O-])c2)s1. The minimum absolute atomic E-state index is 0.0602. The fourth-order valence-electron chi connectivity index (χ4n) is 1.73. The second-order valence-corrected chi connectivity index (χ2v) is 7.59. The standard InChI is InChI=1S/C16H18N6O4S/c1-16(2,3)14(24)18-15-21-20-13(27-15)8-12(23)19-17-9-10-5-4-6-11(7-10)22(25)26/h4-7,9H,8H2,1-3H3,(H,19,23)(H,18,21,24)/b17-9+. The number of benzene rings is 1. The number of carbonyl (C=O) groups is 2. The maximum atomic E-state index is 11.9. The van der Waals surface area contributed by atoms with Crippen LogP contribution in [0.25, 0.3) is 0 Å². The molecule has 1 aromatic heterocycles. The van der Waals surface area contributed by atoms with Crippen molar-refractivity contribution in [2.75, 3.05) is 5.32 Å². The number of non-ortho nitro benzene ring substituents is 1. The van der Waals surface area contributed by atoms with E-state index < -0.39 is 16.2 Å². The molecule has 0 fully saturated rings. The Morgan fingerprint density at radius 2 is 2.07 bits per heavy atom. The molecule has 0 unspecified atom stereocenters. The predicted molar refractivity (Wildman–Crippen MR) is 101 cm³/mol. The van der Waals surface area contributed by atoms with E-state index in [9.17, 15) is 19.7 Å². The first kappa shape index (κ1) is 20.1. The van der Waals surface area contributed by atoms with Crippen LogP contribution in [-0.2, 0) is 16.0 Å². The first-order chi connectivity index (χ1) is 12.6. The zero-order valence-corrected chi connectivity index (χ0v) is 15.7. The summed E-state index contributed by atoms with van der Waals surface area (Å²) < 4.78 is 0. The van der Waals surface area contributed by atoms with Gasteiger partial charge in [0.1, 0.15) is 5.01 Å². The van der Waals surface area contributed by atoms with E-state index in [1.165, 1.54) is 24.4 Å². The van der Waals surface area contributed by atoms with E-state index in [0.29, 0.717) is 15.7 Å². The second kappa shape index (κ2) is 8.45. The average Bonchev–Trinajstić information content (AvgIpc) is 3.01. The predicted octanol–water partition coefficient (Wildman–Crippen LogP) is 2.12. The summed E-state index contributed by atoms with van der Waals surface area (Å²) in [6, 6.07) is 5.85. The van der Waals surface area contributed by atoms with E-state index in [2.05, 4.69) is 26.0 Å². The van der Waals surface area contributed by atoms with Gasteiger partial charge in [-0.3, -0.25) is 19.7 Å². The molecule has 10 nitrogen and oxygen atoms in total. The Kier molecular flexibility index (Phi) is 6.29. The van der Waals surface area contributed by atoms with Crippen LogP contribution in [0.5, 0.6) is 0 Å². The molecule has 0 spiro atoms. The number of amides is 2. The quantitative estimate of drug-likeness (QED) is 0.440. The number of hydrogen-bond donors (Lipinski definition) is 2. The number of anilines is 1. The molecule has 2 aromatic rings. The highest BCUT2D eigenvalue weighted by atomic mass is 32.1. The van der Waals surface area contributed by atoms with Gasteiger partial charge in [0.2, 0.25) is 16.9 Å². The summed E-state index contributed by atoms with van der Waals surface area (Å²) in [5, 5.41) is 25.5. The molecule has 1 aromatic carbocycles. The van der Waals surface area contributed by atoms with Gasteiger partial charge in [0.25, 0.3) is 5.69 Å². The molecule has 1 heterocycles. The van der Waals surface area contributed by atoms with Crippen molar-refractivity contribution in [3.8, 4) is 0 Å². The summed E-state index contributed by atoms with van der Waals surface area (Å²) in [5.41, 5.74) is 2.16. The molecule has 0 radical (unpaired) electrons. The Labute approximate surface area is 158 Å². The summed E-state index contributed by atoms with van der Waals surface area (Å²) >= 11 is 1.10. The maximum Gasteiger partial charge on any atom is 0.270 e. The van der Waals surface area contributed by atoms with Crippen LogP contribution in [0.4, 0.5) is 10.8 Å². The van der Waals surface area contributed by atoms with Gasteiger partial charge in [-0.1, -0.05) is 44.2 Å².